The van der Waals surface area contributed by atoms with Crippen LogP contribution in [0.1, 0.15) is 13.3 Å². The van der Waals surface area contributed by atoms with Gasteiger partial charge in [-0.05, 0) is 6.92 Å². The first-order chi connectivity index (χ1) is 6.15. The fourth-order valence-electron chi connectivity index (χ4n) is 1.19. The first kappa shape index (κ1) is 10.5. The normalized spacial score (nSPS) is 27.8. The zero-order valence-electron chi connectivity index (χ0n) is 7.33. The maximum absolute atomic E-state index is 11.7. The molecule has 0 radical (unpaired) electrons. The zero-order valence-corrected chi connectivity index (χ0v) is 7.33. The summed E-state index contributed by atoms with van der Waals surface area (Å²) in [6.07, 6.45) is -3.39. The van der Waals surface area contributed by atoms with Gasteiger partial charge in [-0.3, -0.25) is 4.79 Å². The van der Waals surface area contributed by atoms with Crippen molar-refractivity contribution in [1.29, 1.82) is 0 Å². The Bertz CT molecular complexity index is 184. The summed E-state index contributed by atoms with van der Waals surface area (Å²) in [5.41, 5.74) is 0. The van der Waals surface area contributed by atoms with Crippen molar-refractivity contribution in [2.75, 3.05) is 13.2 Å². The number of Topliss-reactive ketones (excluding diaryl/α,β-unsaturated/α-hetero) is 1. The van der Waals surface area contributed by atoms with Gasteiger partial charge in [0.05, 0.1) is 6.10 Å². The maximum Gasteiger partial charge on any atom is 0.261 e. The first-order valence-electron chi connectivity index (χ1n) is 4.19. The Labute approximate surface area is 75.0 Å². The van der Waals surface area contributed by atoms with Gasteiger partial charge in [0.25, 0.3) is 6.43 Å². The number of halogens is 2. The van der Waals surface area contributed by atoms with Gasteiger partial charge in [0.2, 0.25) is 0 Å². The topological polar surface area (TPSA) is 35.5 Å². The Morgan fingerprint density at radius 3 is 2.69 bits per heavy atom. The molecule has 0 N–H and O–H groups in total. The van der Waals surface area contributed by atoms with E-state index >= 15 is 0 Å². The Morgan fingerprint density at radius 2 is 2.23 bits per heavy atom. The van der Waals surface area contributed by atoms with Gasteiger partial charge in [-0.2, -0.15) is 0 Å². The molecule has 13 heavy (non-hydrogen) atoms. The van der Waals surface area contributed by atoms with Crippen LogP contribution in [0.25, 0.3) is 0 Å². The lowest BCUT2D eigenvalue weighted by Crippen LogP contribution is -2.50. The van der Waals surface area contributed by atoms with E-state index in [1.807, 2.05) is 0 Å². The van der Waals surface area contributed by atoms with E-state index < -0.39 is 25.2 Å². The predicted octanol–water partition coefficient (Wildman–Crippen LogP) is 1.01. The van der Waals surface area contributed by atoms with E-state index in [1.165, 1.54) is 0 Å². The van der Waals surface area contributed by atoms with Crippen LogP contribution in [0.4, 0.5) is 8.78 Å². The molecule has 76 valence electrons. The van der Waals surface area contributed by atoms with Gasteiger partial charge in [0, 0.05) is 13.0 Å². The lowest BCUT2D eigenvalue weighted by Gasteiger charge is -2.33. The van der Waals surface area contributed by atoms with Crippen LogP contribution in [0, 0.1) is 0 Å². The fourth-order valence-corrected chi connectivity index (χ4v) is 1.19. The predicted molar refractivity (Wildman–Crippen MR) is 40.8 cm³/mol. The minimum Gasteiger partial charge on any atom is -0.369 e. The number of rotatable bonds is 5. The monoisotopic (exact) mass is 194 g/mol. The Kier molecular flexibility index (Phi) is 3.74. The van der Waals surface area contributed by atoms with Crippen molar-refractivity contribution in [3.63, 3.8) is 0 Å². The molecule has 1 saturated carbocycles. The third kappa shape index (κ3) is 2.70. The number of hydrogen-bond donors (Lipinski definition) is 0. The van der Waals surface area contributed by atoms with Gasteiger partial charge in [-0.15, -0.1) is 0 Å². The van der Waals surface area contributed by atoms with Gasteiger partial charge in [-0.1, -0.05) is 0 Å². The molecule has 1 aliphatic rings. The number of hydrogen-bond acceptors (Lipinski definition) is 3. The molecule has 1 fully saturated rings. The largest absolute Gasteiger partial charge is 0.369 e. The molecule has 2 atom stereocenters. The Balaban J connectivity index is 2.23. The van der Waals surface area contributed by atoms with E-state index in [0.29, 0.717) is 6.61 Å². The standard InChI is InChI=1S/C8H12F2O3/c1-2-12-8-5(11)3-6(8)13-4-7(9)10/h6-8H,2-4H2,1H3. The lowest BCUT2D eigenvalue weighted by atomic mass is 9.90. The Hall–Kier alpha value is -0.550. The molecule has 0 spiro atoms. The summed E-state index contributed by atoms with van der Waals surface area (Å²) >= 11 is 0. The highest BCUT2D eigenvalue weighted by molar-refractivity contribution is 5.90. The third-order valence-corrected chi connectivity index (χ3v) is 1.84. The van der Waals surface area contributed by atoms with E-state index in [0.717, 1.165) is 0 Å². The van der Waals surface area contributed by atoms with Crippen LogP contribution in [0.15, 0.2) is 0 Å². The second-order valence-corrected chi connectivity index (χ2v) is 2.81. The van der Waals surface area contributed by atoms with Crippen molar-refractivity contribution in [1.82, 2.24) is 0 Å². The van der Waals surface area contributed by atoms with Crippen LogP contribution in [0.5, 0.6) is 0 Å². The van der Waals surface area contributed by atoms with Gasteiger partial charge in [-0.25, -0.2) is 8.78 Å². The van der Waals surface area contributed by atoms with Crippen molar-refractivity contribution >= 4 is 5.78 Å². The highest BCUT2D eigenvalue weighted by Gasteiger charge is 2.41. The molecule has 5 heteroatoms. The molecule has 0 heterocycles. The number of ketones is 1. The molecular formula is C8H12F2O3. The molecule has 0 aromatic carbocycles. The molecule has 0 aromatic rings. The summed E-state index contributed by atoms with van der Waals surface area (Å²) in [7, 11) is 0. The highest BCUT2D eigenvalue weighted by Crippen LogP contribution is 2.23. The van der Waals surface area contributed by atoms with E-state index in [9.17, 15) is 13.6 Å². The summed E-state index contributed by atoms with van der Waals surface area (Å²) in [6, 6.07) is 0. The van der Waals surface area contributed by atoms with Crippen LogP contribution in [-0.2, 0) is 14.3 Å². The lowest BCUT2D eigenvalue weighted by molar-refractivity contribution is -0.170. The minimum atomic E-state index is -2.49. The molecule has 0 bridgehead atoms. The average Bonchev–Trinajstić information content (AvgIpc) is 2.07. The average molecular weight is 194 g/mol. The van der Waals surface area contributed by atoms with Crippen molar-refractivity contribution in [2.24, 2.45) is 0 Å². The summed E-state index contributed by atoms with van der Waals surface area (Å²) in [5.74, 6) is -0.0684. The van der Waals surface area contributed by atoms with Crippen molar-refractivity contribution in [3.05, 3.63) is 0 Å². The summed E-state index contributed by atoms with van der Waals surface area (Å²) < 4.78 is 33.2. The van der Waals surface area contributed by atoms with Crippen LogP contribution in [0.2, 0.25) is 0 Å². The van der Waals surface area contributed by atoms with Crippen LogP contribution >= 0.6 is 0 Å². The molecule has 0 saturated heterocycles. The molecule has 0 aromatic heterocycles. The Morgan fingerprint density at radius 1 is 1.54 bits per heavy atom. The first-order valence-corrected chi connectivity index (χ1v) is 4.19. The van der Waals surface area contributed by atoms with E-state index in [4.69, 9.17) is 9.47 Å². The van der Waals surface area contributed by atoms with Gasteiger partial charge >= 0.3 is 0 Å². The maximum atomic E-state index is 11.7. The SMILES string of the molecule is CCOC1C(=O)CC1OCC(F)F. The van der Waals surface area contributed by atoms with Gasteiger partial charge < -0.3 is 9.47 Å². The van der Waals surface area contributed by atoms with E-state index in [1.54, 1.807) is 6.92 Å². The smallest absolute Gasteiger partial charge is 0.261 e. The number of carbonyl (C=O) groups excluding carboxylic acids is 1. The number of carbonyl (C=O) groups is 1. The number of ether oxygens (including phenoxy) is 2. The molecule has 1 rings (SSSR count). The zero-order chi connectivity index (χ0) is 9.84. The third-order valence-electron chi connectivity index (χ3n) is 1.84. The molecule has 3 nitrogen and oxygen atoms in total. The van der Waals surface area contributed by atoms with Crippen molar-refractivity contribution in [3.8, 4) is 0 Å². The van der Waals surface area contributed by atoms with Crippen LogP contribution in [0.3, 0.4) is 0 Å². The number of alkyl halides is 2. The second kappa shape index (κ2) is 4.62. The quantitative estimate of drug-likeness (QED) is 0.655. The molecule has 0 aliphatic heterocycles. The van der Waals surface area contributed by atoms with Crippen LogP contribution < -0.4 is 0 Å². The molecular weight excluding hydrogens is 182 g/mol. The van der Waals surface area contributed by atoms with Crippen molar-refractivity contribution in [2.45, 2.75) is 32.0 Å². The van der Waals surface area contributed by atoms with Crippen LogP contribution in [-0.4, -0.2) is 37.6 Å². The summed E-state index contributed by atoms with van der Waals surface area (Å²) in [6.45, 7) is 1.52. The van der Waals surface area contributed by atoms with E-state index in [2.05, 4.69) is 0 Å². The molecule has 2 unspecified atom stereocenters. The van der Waals surface area contributed by atoms with Gasteiger partial charge in [0.1, 0.15) is 12.7 Å². The molecule has 0 amide bonds. The van der Waals surface area contributed by atoms with Crippen molar-refractivity contribution < 1.29 is 23.0 Å². The molecule has 1 aliphatic carbocycles. The highest BCUT2D eigenvalue weighted by atomic mass is 19.3. The summed E-state index contributed by atoms with van der Waals surface area (Å²) in [5, 5.41) is 0. The van der Waals surface area contributed by atoms with Gasteiger partial charge in [0.15, 0.2) is 5.78 Å². The fraction of sp³-hybridized carbons (Fsp3) is 0.875. The van der Waals surface area contributed by atoms with E-state index in [-0.39, 0.29) is 12.2 Å². The minimum absolute atomic E-state index is 0.0684. The summed E-state index contributed by atoms with van der Waals surface area (Å²) in [4.78, 5) is 10.9. The second-order valence-electron chi connectivity index (χ2n) is 2.81.